The number of anilines is 1. The quantitative estimate of drug-likeness (QED) is 0.476. The van der Waals surface area contributed by atoms with E-state index < -0.39 is 11.8 Å². The first kappa shape index (κ1) is 16.5. The molecular formula is C18H13BrN2O2S. The van der Waals surface area contributed by atoms with Crippen LogP contribution in [0.2, 0.25) is 0 Å². The molecule has 0 bridgehead atoms. The van der Waals surface area contributed by atoms with E-state index >= 15 is 0 Å². The summed E-state index contributed by atoms with van der Waals surface area (Å²) in [5, 5.41) is 2.66. The van der Waals surface area contributed by atoms with Gasteiger partial charge in [0, 0.05) is 4.47 Å². The van der Waals surface area contributed by atoms with E-state index in [0.29, 0.717) is 5.69 Å². The largest absolute Gasteiger partial charge is 0.298 e. The highest BCUT2D eigenvalue weighted by Gasteiger charge is 2.34. The van der Waals surface area contributed by atoms with Crippen LogP contribution in [0, 0.1) is 6.92 Å². The monoisotopic (exact) mass is 400 g/mol. The van der Waals surface area contributed by atoms with Crippen LogP contribution in [-0.4, -0.2) is 16.9 Å². The summed E-state index contributed by atoms with van der Waals surface area (Å²) >= 11 is 8.56. The lowest BCUT2D eigenvalue weighted by Crippen LogP contribution is -2.54. The summed E-state index contributed by atoms with van der Waals surface area (Å²) in [6.45, 7) is 1.92. The molecule has 0 unspecified atom stereocenters. The summed E-state index contributed by atoms with van der Waals surface area (Å²) < 4.78 is 0.817. The number of hydrogen-bond donors (Lipinski definition) is 1. The second-order valence-corrected chi connectivity index (χ2v) is 6.60. The molecule has 1 heterocycles. The fourth-order valence-corrected chi connectivity index (χ4v) is 3.08. The van der Waals surface area contributed by atoms with E-state index in [1.54, 1.807) is 24.3 Å². The number of aryl methyl sites for hydroxylation is 1. The highest BCUT2D eigenvalue weighted by atomic mass is 79.9. The van der Waals surface area contributed by atoms with Crippen LogP contribution in [0.1, 0.15) is 11.1 Å². The molecule has 120 valence electrons. The van der Waals surface area contributed by atoms with Gasteiger partial charge in [-0.05, 0) is 54.5 Å². The van der Waals surface area contributed by atoms with Gasteiger partial charge in [0.2, 0.25) is 0 Å². The van der Waals surface area contributed by atoms with Gasteiger partial charge in [-0.3, -0.25) is 19.8 Å². The Bertz CT molecular complexity index is 892. The molecule has 1 aliphatic rings. The van der Waals surface area contributed by atoms with Crippen molar-refractivity contribution in [3.8, 4) is 0 Å². The van der Waals surface area contributed by atoms with Crippen molar-refractivity contribution >= 4 is 56.8 Å². The predicted molar refractivity (Wildman–Crippen MR) is 102 cm³/mol. The van der Waals surface area contributed by atoms with Crippen LogP contribution in [-0.2, 0) is 9.59 Å². The number of carbonyl (C=O) groups is 2. The van der Waals surface area contributed by atoms with Gasteiger partial charge in [0.1, 0.15) is 5.57 Å². The van der Waals surface area contributed by atoms with Gasteiger partial charge in [-0.1, -0.05) is 46.3 Å². The number of halogens is 1. The highest BCUT2D eigenvalue weighted by Crippen LogP contribution is 2.25. The molecule has 3 rings (SSSR count). The Labute approximate surface area is 153 Å². The van der Waals surface area contributed by atoms with Crippen molar-refractivity contribution in [1.82, 2.24) is 5.32 Å². The second kappa shape index (κ2) is 6.67. The summed E-state index contributed by atoms with van der Waals surface area (Å²) in [7, 11) is 0. The van der Waals surface area contributed by atoms with Crippen LogP contribution in [0.15, 0.2) is 58.6 Å². The topological polar surface area (TPSA) is 49.4 Å². The normalized spacial score (nSPS) is 16.5. The van der Waals surface area contributed by atoms with Gasteiger partial charge in [-0.15, -0.1) is 0 Å². The first-order chi connectivity index (χ1) is 11.5. The standard InChI is InChI=1S/C18H13BrN2O2S/c1-11-5-2-3-6-12(11)9-15-16(22)20-18(24)21(17(15)23)14-8-4-7-13(19)10-14/h2-10H,1H3,(H,20,22,24)/b15-9-. The maximum absolute atomic E-state index is 12.9. The molecular weight excluding hydrogens is 388 g/mol. The number of hydrogen-bond acceptors (Lipinski definition) is 3. The number of rotatable bonds is 2. The Morgan fingerprint density at radius 1 is 1.12 bits per heavy atom. The van der Waals surface area contributed by atoms with E-state index in [1.807, 2.05) is 37.3 Å². The number of amides is 2. The molecule has 1 N–H and O–H groups in total. The summed E-state index contributed by atoms with van der Waals surface area (Å²) in [5.74, 6) is -0.926. The van der Waals surface area contributed by atoms with Crippen LogP contribution in [0.4, 0.5) is 5.69 Å². The average molecular weight is 401 g/mol. The van der Waals surface area contributed by atoms with Gasteiger partial charge in [0.05, 0.1) is 5.69 Å². The summed E-state index contributed by atoms with van der Waals surface area (Å²) in [6, 6.07) is 14.7. The molecule has 0 aromatic heterocycles. The van der Waals surface area contributed by atoms with Gasteiger partial charge in [0.15, 0.2) is 5.11 Å². The van der Waals surface area contributed by atoms with E-state index in [1.165, 1.54) is 4.90 Å². The summed E-state index contributed by atoms with van der Waals surface area (Å²) in [4.78, 5) is 26.4. The van der Waals surface area contributed by atoms with Gasteiger partial charge in [-0.2, -0.15) is 0 Å². The molecule has 1 saturated heterocycles. The van der Waals surface area contributed by atoms with Gasteiger partial charge in [0.25, 0.3) is 11.8 Å². The van der Waals surface area contributed by atoms with Crippen molar-refractivity contribution in [3.63, 3.8) is 0 Å². The Morgan fingerprint density at radius 2 is 1.88 bits per heavy atom. The molecule has 0 radical (unpaired) electrons. The van der Waals surface area contributed by atoms with Crippen molar-refractivity contribution in [1.29, 1.82) is 0 Å². The summed E-state index contributed by atoms with van der Waals surface area (Å²) in [5.41, 5.74) is 2.44. The molecule has 0 saturated carbocycles. The maximum Gasteiger partial charge on any atom is 0.270 e. The molecule has 0 aliphatic carbocycles. The Hall–Kier alpha value is -2.31. The predicted octanol–water partition coefficient (Wildman–Crippen LogP) is 3.59. The Kier molecular flexibility index (Phi) is 4.59. The van der Waals surface area contributed by atoms with Gasteiger partial charge < -0.3 is 0 Å². The zero-order chi connectivity index (χ0) is 17.3. The molecule has 2 amide bonds. The third kappa shape index (κ3) is 3.16. The molecule has 1 aliphatic heterocycles. The van der Waals surface area contributed by atoms with Crippen molar-refractivity contribution in [2.24, 2.45) is 0 Å². The van der Waals surface area contributed by atoms with Crippen molar-refractivity contribution in [2.45, 2.75) is 6.92 Å². The first-order valence-electron chi connectivity index (χ1n) is 7.20. The van der Waals surface area contributed by atoms with Crippen LogP contribution in [0.5, 0.6) is 0 Å². The summed E-state index contributed by atoms with van der Waals surface area (Å²) in [6.07, 6.45) is 1.60. The maximum atomic E-state index is 12.9. The Balaban J connectivity index is 2.05. The number of thiocarbonyl (C=S) groups is 1. The third-order valence-corrected chi connectivity index (χ3v) is 4.43. The highest BCUT2D eigenvalue weighted by molar-refractivity contribution is 9.10. The molecule has 2 aromatic rings. The van der Waals surface area contributed by atoms with Crippen molar-refractivity contribution in [2.75, 3.05) is 4.90 Å². The number of carbonyl (C=O) groups excluding carboxylic acids is 2. The lowest BCUT2D eigenvalue weighted by Gasteiger charge is -2.29. The van der Waals surface area contributed by atoms with E-state index in [9.17, 15) is 9.59 Å². The van der Waals surface area contributed by atoms with Crippen molar-refractivity contribution < 1.29 is 9.59 Å². The lowest BCUT2D eigenvalue weighted by atomic mass is 10.0. The van der Waals surface area contributed by atoms with Crippen LogP contribution in [0.25, 0.3) is 6.08 Å². The Morgan fingerprint density at radius 3 is 2.58 bits per heavy atom. The van der Waals surface area contributed by atoms with E-state index in [0.717, 1.165) is 15.6 Å². The number of benzene rings is 2. The van der Waals surface area contributed by atoms with Gasteiger partial charge in [-0.25, -0.2) is 0 Å². The molecule has 1 fully saturated rings. The average Bonchev–Trinajstić information content (AvgIpc) is 2.53. The molecule has 0 spiro atoms. The first-order valence-corrected chi connectivity index (χ1v) is 8.40. The fourth-order valence-electron chi connectivity index (χ4n) is 2.41. The molecule has 6 heteroatoms. The number of nitrogens with one attached hydrogen (secondary N) is 1. The zero-order valence-corrected chi connectivity index (χ0v) is 15.1. The molecule has 4 nitrogen and oxygen atoms in total. The van der Waals surface area contributed by atoms with Crippen LogP contribution < -0.4 is 10.2 Å². The minimum Gasteiger partial charge on any atom is -0.298 e. The van der Waals surface area contributed by atoms with E-state index in [-0.39, 0.29) is 10.7 Å². The third-order valence-electron chi connectivity index (χ3n) is 3.66. The smallest absolute Gasteiger partial charge is 0.270 e. The van der Waals surface area contributed by atoms with Gasteiger partial charge >= 0.3 is 0 Å². The van der Waals surface area contributed by atoms with Crippen LogP contribution >= 0.6 is 28.1 Å². The minimum absolute atomic E-state index is 0.0536. The molecule has 2 aromatic carbocycles. The molecule has 24 heavy (non-hydrogen) atoms. The van der Waals surface area contributed by atoms with Crippen molar-refractivity contribution in [3.05, 3.63) is 69.7 Å². The second-order valence-electron chi connectivity index (χ2n) is 5.29. The SMILES string of the molecule is Cc1ccccc1/C=C1/C(=O)NC(=S)N(c2cccc(Br)c2)C1=O. The zero-order valence-electron chi connectivity index (χ0n) is 12.7. The fraction of sp³-hybridized carbons (Fsp3) is 0.0556. The van der Waals surface area contributed by atoms with Crippen LogP contribution in [0.3, 0.4) is 0 Å². The van der Waals surface area contributed by atoms with E-state index in [4.69, 9.17) is 12.2 Å². The minimum atomic E-state index is -0.487. The molecule has 0 atom stereocenters. The van der Waals surface area contributed by atoms with E-state index in [2.05, 4.69) is 21.2 Å². The number of nitrogens with zero attached hydrogens (tertiary/aromatic N) is 1. The lowest BCUT2D eigenvalue weighted by molar-refractivity contribution is -0.122.